The maximum atomic E-state index is 15.0. The van der Waals surface area contributed by atoms with Crippen LogP contribution in [0.15, 0.2) is 221 Å². The highest BCUT2D eigenvalue weighted by atomic mass is 32.2. The number of methoxy groups -OCH3 is 1. The molecular weight excluding hydrogens is 1120 g/mol. The summed E-state index contributed by atoms with van der Waals surface area (Å²) in [6, 6.07) is 56.8. The maximum Gasteiger partial charge on any atom is 0.355 e. The molecule has 1 saturated heterocycles. The van der Waals surface area contributed by atoms with E-state index in [1.54, 1.807) is 48.1 Å². The highest BCUT2D eigenvalue weighted by Gasteiger charge is 2.55. The van der Waals surface area contributed by atoms with Gasteiger partial charge in [-0.05, 0) is 64.9 Å². The molecule has 5 heterocycles. The largest absolute Gasteiger partial charge is 0.497 e. The molecule has 11 rings (SSSR count). The average molecular weight is 1180 g/mol. The van der Waals surface area contributed by atoms with Gasteiger partial charge in [0.15, 0.2) is 33.7 Å². The second kappa shape index (κ2) is 25.7. The maximum absolute atomic E-state index is 15.0. The first-order chi connectivity index (χ1) is 40.6. The molecule has 1 unspecified atom stereocenters. The number of nitrogens with one attached hydrogen (secondary N) is 2. The van der Waals surface area contributed by atoms with E-state index in [4.69, 9.17) is 29.0 Å². The number of anilines is 1. The molecule has 418 valence electrons. The van der Waals surface area contributed by atoms with E-state index in [1.165, 1.54) is 46.7 Å². The molecule has 15 nitrogen and oxygen atoms in total. The number of hydrogen-bond acceptors (Lipinski definition) is 16. The van der Waals surface area contributed by atoms with Crippen molar-refractivity contribution in [3.63, 3.8) is 0 Å². The minimum atomic E-state index is -1.32. The lowest BCUT2D eigenvalue weighted by Gasteiger charge is -2.49. The van der Waals surface area contributed by atoms with E-state index in [-0.39, 0.29) is 23.7 Å². The molecule has 6 aromatic carbocycles. The molecule has 0 saturated carbocycles. The zero-order valence-electron chi connectivity index (χ0n) is 45.3. The number of oxime groups is 1. The molecule has 2 amide bonds. The number of rotatable bonds is 22. The standard InChI is InChI=1S/C64H55N7O8S4/c1-4-70-35-34-52-50(36-70)66-63(83-52)82-39-45-38-80-59-54(58(73)71(59)55(45)61(75)77-37-42-30-32-49(76-3)33-31-42)67-57(72)53(69-79-41(2)60(74)78-56(43-20-10-5-11-21-43)44-22-12-6-13-23-44)51-40-81-62(65-51)68-64(46-24-14-7-15-25-46,47-26-16-8-17-27-47)48-28-18-9-19-29-48/h5-36,40-41,54,56,59H,4,37-39H2,1-3H3,(H-,65,67,68,72)/p+1/b69-53-/t41-,54?,59-/m0/s1. The third-order valence-corrected chi connectivity index (χ3v) is 18.5. The fourth-order valence-electron chi connectivity index (χ4n) is 9.79. The summed E-state index contributed by atoms with van der Waals surface area (Å²) in [5, 5.41) is 12.4. The summed E-state index contributed by atoms with van der Waals surface area (Å²) in [6.07, 6.45) is 1.94. The van der Waals surface area contributed by atoms with Gasteiger partial charge < -0.3 is 29.7 Å². The number of aromatic nitrogens is 3. The number of benzene rings is 6. The number of amides is 2. The smallest absolute Gasteiger partial charge is 0.355 e. The summed E-state index contributed by atoms with van der Waals surface area (Å²) in [5.41, 5.74) is 5.53. The van der Waals surface area contributed by atoms with Crippen molar-refractivity contribution in [3.05, 3.63) is 250 Å². The fraction of sp³-hybridized carbons (Fsp3) is 0.188. The number of β-lactam (4-membered cyclic amide) rings is 1. The van der Waals surface area contributed by atoms with Gasteiger partial charge in [-0.2, -0.15) is 0 Å². The minimum Gasteiger partial charge on any atom is -0.497 e. The van der Waals surface area contributed by atoms with Gasteiger partial charge in [0.2, 0.25) is 6.10 Å². The number of thiazole rings is 2. The van der Waals surface area contributed by atoms with Gasteiger partial charge in [-0.25, -0.2) is 24.1 Å². The number of ether oxygens (including phenoxy) is 3. The summed E-state index contributed by atoms with van der Waals surface area (Å²) in [7, 11) is 1.58. The van der Waals surface area contributed by atoms with Crippen molar-refractivity contribution in [1.29, 1.82) is 0 Å². The number of carbonyl (C=O) groups excluding carboxylic acids is 4. The van der Waals surface area contributed by atoms with Gasteiger partial charge >= 0.3 is 11.9 Å². The number of pyridine rings is 1. The lowest BCUT2D eigenvalue weighted by Crippen LogP contribution is -2.71. The van der Waals surface area contributed by atoms with Crippen LogP contribution in [0.1, 0.15) is 59.0 Å². The van der Waals surface area contributed by atoms with Gasteiger partial charge in [0.05, 0.1) is 11.8 Å². The van der Waals surface area contributed by atoms with Crippen LogP contribution in [0.4, 0.5) is 5.13 Å². The van der Waals surface area contributed by atoms with E-state index in [2.05, 4.69) is 27.3 Å². The van der Waals surface area contributed by atoms with E-state index in [0.29, 0.717) is 28.0 Å². The Hall–Kier alpha value is -8.62. The van der Waals surface area contributed by atoms with Gasteiger partial charge in [0.25, 0.3) is 11.8 Å². The molecule has 2 aliphatic heterocycles. The molecule has 2 aliphatic rings. The Morgan fingerprint density at radius 1 is 0.807 bits per heavy atom. The van der Waals surface area contributed by atoms with Crippen LogP contribution in [0.2, 0.25) is 0 Å². The van der Waals surface area contributed by atoms with Crippen LogP contribution < -0.4 is 19.9 Å². The third kappa shape index (κ3) is 12.3. The Kier molecular flexibility index (Phi) is 17.4. The number of carbonyl (C=O) groups is 4. The predicted molar refractivity (Wildman–Crippen MR) is 324 cm³/mol. The van der Waals surface area contributed by atoms with Crippen LogP contribution in [0, 0.1) is 0 Å². The summed E-state index contributed by atoms with van der Waals surface area (Å²) in [4.78, 5) is 75.3. The molecule has 19 heteroatoms. The zero-order valence-corrected chi connectivity index (χ0v) is 48.6. The van der Waals surface area contributed by atoms with Gasteiger partial charge in [0, 0.05) is 23.0 Å². The molecule has 1 fully saturated rings. The number of nitrogens with zero attached hydrogens (tertiary/aromatic N) is 5. The second-order valence-electron chi connectivity index (χ2n) is 19.4. The predicted octanol–water partition coefficient (Wildman–Crippen LogP) is 11.1. The van der Waals surface area contributed by atoms with E-state index < -0.39 is 52.9 Å². The van der Waals surface area contributed by atoms with Crippen LogP contribution in [0.5, 0.6) is 5.75 Å². The number of fused-ring (bicyclic) bond motifs is 2. The number of aryl methyl sites for hydroxylation is 1. The lowest BCUT2D eigenvalue weighted by molar-refractivity contribution is -0.692. The Morgan fingerprint density at radius 2 is 1.41 bits per heavy atom. The summed E-state index contributed by atoms with van der Waals surface area (Å²) in [6.45, 7) is 4.30. The highest BCUT2D eigenvalue weighted by molar-refractivity contribution is 8.02. The van der Waals surface area contributed by atoms with Gasteiger partial charge in [-0.1, -0.05) is 181 Å². The van der Waals surface area contributed by atoms with Crippen molar-refractivity contribution in [3.8, 4) is 5.75 Å². The van der Waals surface area contributed by atoms with Crippen molar-refractivity contribution in [1.82, 2.24) is 20.2 Å². The second-order valence-corrected chi connectivity index (χ2v) is 23.6. The van der Waals surface area contributed by atoms with Crippen LogP contribution in [0.3, 0.4) is 0 Å². The van der Waals surface area contributed by atoms with E-state index in [0.717, 1.165) is 54.5 Å². The first kappa shape index (κ1) is 56.3. The van der Waals surface area contributed by atoms with E-state index in [1.807, 2.05) is 170 Å². The van der Waals surface area contributed by atoms with Crippen LogP contribution in [-0.4, -0.2) is 80.5 Å². The van der Waals surface area contributed by atoms with Gasteiger partial charge in [-0.3, -0.25) is 14.5 Å². The molecule has 2 N–H and O–H groups in total. The first-order valence-corrected chi connectivity index (χ1v) is 30.5. The van der Waals surface area contributed by atoms with E-state index in [9.17, 15) is 14.4 Å². The first-order valence-electron chi connectivity index (χ1n) is 26.7. The SMILES string of the molecule is CC[n+]1ccc2sc(SCC3=C(C(=O)OCc4ccc(OC)cc4)N4C(=O)C(NC(=O)/C(=N\O[C@@H](C)C(=O)OC(c5ccccc5)c5ccccc5)c5csc(NC(c6ccccc6)(c6ccccc6)c6ccccc6)n5)[C@@H]4SC3)nc2c1. The average Bonchev–Trinajstić information content (AvgIpc) is 3.09. The number of thioether (sulfide) groups is 2. The van der Waals surface area contributed by atoms with Crippen LogP contribution in [-0.2, 0) is 52.2 Å². The molecule has 0 bridgehead atoms. The molecule has 83 heavy (non-hydrogen) atoms. The van der Waals surface area contributed by atoms with Crippen LogP contribution in [0.25, 0.3) is 10.2 Å². The number of hydrogen-bond donors (Lipinski definition) is 2. The Balaban J connectivity index is 0.896. The quantitative estimate of drug-likeness (QED) is 0.0125. The highest BCUT2D eigenvalue weighted by Crippen LogP contribution is 2.44. The fourth-order valence-corrected chi connectivity index (χ4v) is 14.1. The van der Waals surface area contributed by atoms with Gasteiger partial charge in [0.1, 0.15) is 52.8 Å². The van der Waals surface area contributed by atoms with Gasteiger partial charge in [-0.15, -0.1) is 34.4 Å². The lowest BCUT2D eigenvalue weighted by atomic mass is 9.77. The van der Waals surface area contributed by atoms with Crippen molar-refractivity contribution in [2.24, 2.45) is 5.16 Å². The monoisotopic (exact) mass is 1180 g/mol. The Bertz CT molecular complexity index is 3680. The zero-order chi connectivity index (χ0) is 57.3. The molecule has 9 aromatic rings. The van der Waals surface area contributed by atoms with E-state index >= 15 is 4.79 Å². The molecule has 0 spiro atoms. The summed E-state index contributed by atoms with van der Waals surface area (Å²) in [5.74, 6) is -1.38. The molecule has 3 aromatic heterocycles. The normalized spacial score (nSPS) is 15.5. The molecule has 0 radical (unpaired) electrons. The molecule has 3 atom stereocenters. The Morgan fingerprint density at radius 3 is 2.00 bits per heavy atom. The van der Waals surface area contributed by atoms with Crippen molar-refractivity contribution >= 4 is 91.0 Å². The van der Waals surface area contributed by atoms with Crippen molar-refractivity contribution < 1.29 is 42.8 Å². The molecule has 0 aliphatic carbocycles. The summed E-state index contributed by atoms with van der Waals surface area (Å²) >= 11 is 5.70. The Labute approximate surface area is 496 Å². The van der Waals surface area contributed by atoms with Crippen LogP contribution >= 0.6 is 46.2 Å². The summed E-state index contributed by atoms with van der Waals surface area (Å²) < 4.78 is 21.3. The minimum absolute atomic E-state index is 0.0549. The molecular formula is C64H56N7O8S4+. The van der Waals surface area contributed by atoms with Crippen molar-refractivity contribution in [2.75, 3.05) is 23.9 Å². The van der Waals surface area contributed by atoms with Crippen molar-refractivity contribution in [2.45, 2.75) is 60.5 Å². The number of esters is 2. The topological polar surface area (TPSA) is 175 Å². The third-order valence-electron chi connectivity index (χ3n) is 14.1.